The Bertz CT molecular complexity index is 1090. The Labute approximate surface area is 200 Å². The topological polar surface area (TPSA) is 43.9 Å². The summed E-state index contributed by atoms with van der Waals surface area (Å²) in [7, 11) is 0. The largest absolute Gasteiger partial charge is 0.338 e. The molecule has 166 valence electrons. The van der Waals surface area contributed by atoms with Crippen LogP contribution in [-0.4, -0.2) is 65.8 Å². The number of thiophene rings is 2. The molecule has 0 bridgehead atoms. The molecular formula is C24H24ClN3O2S2. The maximum Gasteiger partial charge on any atom is 0.264 e. The van der Waals surface area contributed by atoms with E-state index in [4.69, 9.17) is 11.6 Å². The van der Waals surface area contributed by atoms with Crippen LogP contribution in [0, 0.1) is 0 Å². The minimum atomic E-state index is 0.0629. The zero-order valence-corrected chi connectivity index (χ0v) is 20.0. The number of halogens is 1. The van der Waals surface area contributed by atoms with Crippen LogP contribution in [-0.2, 0) is 11.2 Å². The molecule has 2 aliphatic heterocycles. The molecule has 0 radical (unpaired) electrons. The number of amides is 2. The Balaban J connectivity index is 1.26. The summed E-state index contributed by atoms with van der Waals surface area (Å²) >= 11 is 9.38. The molecule has 1 saturated heterocycles. The molecule has 2 amide bonds. The zero-order chi connectivity index (χ0) is 22.1. The third-order valence-corrected chi connectivity index (χ3v) is 8.35. The molecule has 4 heterocycles. The number of benzene rings is 1. The Kier molecular flexibility index (Phi) is 6.33. The lowest BCUT2D eigenvalue weighted by molar-refractivity contribution is -0.134. The number of rotatable bonds is 4. The van der Waals surface area contributed by atoms with E-state index in [1.54, 1.807) is 11.3 Å². The molecule has 5 nitrogen and oxygen atoms in total. The van der Waals surface area contributed by atoms with Gasteiger partial charge in [-0.2, -0.15) is 0 Å². The molecular weight excluding hydrogens is 462 g/mol. The van der Waals surface area contributed by atoms with E-state index in [1.165, 1.54) is 21.8 Å². The van der Waals surface area contributed by atoms with Crippen molar-refractivity contribution in [3.05, 3.63) is 79.1 Å². The number of nitrogens with zero attached hydrogens (tertiary/aromatic N) is 3. The van der Waals surface area contributed by atoms with E-state index in [-0.39, 0.29) is 17.9 Å². The van der Waals surface area contributed by atoms with E-state index in [0.29, 0.717) is 37.7 Å². The summed E-state index contributed by atoms with van der Waals surface area (Å²) in [6.45, 7) is 3.55. The fourth-order valence-corrected chi connectivity index (χ4v) is 6.28. The molecule has 8 heteroatoms. The molecule has 32 heavy (non-hydrogen) atoms. The highest BCUT2D eigenvalue weighted by Gasteiger charge is 2.33. The zero-order valence-electron chi connectivity index (χ0n) is 17.6. The maximum atomic E-state index is 13.2. The average Bonchev–Trinajstić information content (AvgIpc) is 3.52. The quantitative estimate of drug-likeness (QED) is 0.550. The number of piperazine rings is 1. The predicted molar refractivity (Wildman–Crippen MR) is 130 cm³/mol. The summed E-state index contributed by atoms with van der Waals surface area (Å²) < 4.78 is 0. The van der Waals surface area contributed by atoms with Gasteiger partial charge in [-0.05, 0) is 52.6 Å². The molecule has 0 N–H and O–H groups in total. The van der Waals surface area contributed by atoms with Gasteiger partial charge in [0.15, 0.2) is 0 Å². The lowest BCUT2D eigenvalue weighted by atomic mass is 9.93. The van der Waals surface area contributed by atoms with E-state index in [9.17, 15) is 9.59 Å². The van der Waals surface area contributed by atoms with E-state index in [1.807, 2.05) is 39.4 Å². The molecule has 5 rings (SSSR count). The molecule has 0 saturated carbocycles. The second-order valence-corrected chi connectivity index (χ2v) is 10.5. The Morgan fingerprint density at radius 1 is 0.906 bits per heavy atom. The maximum absolute atomic E-state index is 13.2. The van der Waals surface area contributed by atoms with Crippen LogP contribution in [0.4, 0.5) is 0 Å². The van der Waals surface area contributed by atoms with Gasteiger partial charge in [-0.3, -0.25) is 14.5 Å². The first-order chi connectivity index (χ1) is 15.6. The summed E-state index contributed by atoms with van der Waals surface area (Å²) in [6, 6.07) is 14.0. The minimum Gasteiger partial charge on any atom is -0.338 e. The van der Waals surface area contributed by atoms with Crippen LogP contribution in [0.5, 0.6) is 0 Å². The van der Waals surface area contributed by atoms with Crippen LogP contribution in [0.15, 0.2) is 53.2 Å². The van der Waals surface area contributed by atoms with E-state index in [2.05, 4.69) is 28.5 Å². The number of carbonyl (C=O) groups excluding carboxylic acids is 2. The third-order valence-electron chi connectivity index (χ3n) is 6.24. The molecule has 2 aliphatic rings. The monoisotopic (exact) mass is 485 g/mol. The van der Waals surface area contributed by atoms with Crippen LogP contribution < -0.4 is 0 Å². The fraction of sp³-hybridized carbons (Fsp3) is 0.333. The van der Waals surface area contributed by atoms with Crippen LogP contribution in [0.2, 0.25) is 5.02 Å². The van der Waals surface area contributed by atoms with Crippen LogP contribution in [0.25, 0.3) is 0 Å². The molecule has 0 spiro atoms. The van der Waals surface area contributed by atoms with Gasteiger partial charge < -0.3 is 9.80 Å². The number of fused-ring (bicyclic) bond motifs is 1. The normalized spacial score (nSPS) is 19.1. The minimum absolute atomic E-state index is 0.0629. The number of carbonyl (C=O) groups is 2. The van der Waals surface area contributed by atoms with Crippen molar-refractivity contribution < 1.29 is 9.59 Å². The second kappa shape index (κ2) is 9.35. The molecule has 3 aromatic rings. The highest BCUT2D eigenvalue weighted by atomic mass is 35.5. The number of hydrogen-bond donors (Lipinski definition) is 0. The first-order valence-corrected chi connectivity index (χ1v) is 12.9. The Morgan fingerprint density at radius 2 is 1.66 bits per heavy atom. The van der Waals surface area contributed by atoms with Crippen LogP contribution in [0.1, 0.15) is 31.7 Å². The standard InChI is InChI=1S/C24H24ClN3O2S2/c25-18-5-3-17(4-6-18)23-19-8-15-32-20(19)7-9-28(23)16-22(29)26-10-12-27(13-11-26)24(30)21-2-1-14-31-21/h1-6,8,14-15,23H,7,9-13,16H2/t23-/m0/s1. The summed E-state index contributed by atoms with van der Waals surface area (Å²) in [4.78, 5) is 34.0. The predicted octanol–water partition coefficient (Wildman–Crippen LogP) is 4.40. The highest BCUT2D eigenvalue weighted by Crippen LogP contribution is 2.38. The lowest BCUT2D eigenvalue weighted by Gasteiger charge is -2.39. The fourth-order valence-electron chi connectivity index (χ4n) is 4.56. The van der Waals surface area contributed by atoms with Crippen molar-refractivity contribution in [2.75, 3.05) is 39.3 Å². The van der Waals surface area contributed by atoms with Gasteiger partial charge in [-0.25, -0.2) is 0 Å². The molecule has 1 aromatic carbocycles. The van der Waals surface area contributed by atoms with Crippen molar-refractivity contribution in [3.63, 3.8) is 0 Å². The van der Waals surface area contributed by atoms with Gasteiger partial charge >= 0.3 is 0 Å². The van der Waals surface area contributed by atoms with Gasteiger partial charge in [0.1, 0.15) is 0 Å². The smallest absolute Gasteiger partial charge is 0.264 e. The van der Waals surface area contributed by atoms with Gasteiger partial charge in [0, 0.05) is 42.6 Å². The van der Waals surface area contributed by atoms with E-state index >= 15 is 0 Å². The number of hydrogen-bond acceptors (Lipinski definition) is 5. The second-order valence-electron chi connectivity index (χ2n) is 8.12. The SMILES string of the molecule is O=C(CN1CCc2sccc2[C@@H]1c1ccc(Cl)cc1)N1CCN(C(=O)c2cccs2)CC1. The molecule has 1 fully saturated rings. The third kappa shape index (κ3) is 4.35. The first-order valence-electron chi connectivity index (χ1n) is 10.8. The van der Waals surface area contributed by atoms with Crippen molar-refractivity contribution >= 4 is 46.1 Å². The van der Waals surface area contributed by atoms with Crippen LogP contribution >= 0.6 is 34.3 Å². The summed E-state index contributed by atoms with van der Waals surface area (Å²) in [5.74, 6) is 0.196. The summed E-state index contributed by atoms with van der Waals surface area (Å²) in [5.41, 5.74) is 2.45. The van der Waals surface area contributed by atoms with Gasteiger partial charge in [-0.15, -0.1) is 22.7 Å². The summed E-state index contributed by atoms with van der Waals surface area (Å²) in [6.07, 6.45) is 0.966. The van der Waals surface area contributed by atoms with Crippen molar-refractivity contribution in [1.82, 2.24) is 14.7 Å². The highest BCUT2D eigenvalue weighted by molar-refractivity contribution is 7.12. The van der Waals surface area contributed by atoms with Crippen molar-refractivity contribution in [3.8, 4) is 0 Å². The lowest BCUT2D eigenvalue weighted by Crippen LogP contribution is -2.53. The Hall–Kier alpha value is -2.19. The van der Waals surface area contributed by atoms with E-state index in [0.717, 1.165) is 23.4 Å². The van der Waals surface area contributed by atoms with Crippen molar-refractivity contribution in [1.29, 1.82) is 0 Å². The average molecular weight is 486 g/mol. The molecule has 1 atom stereocenters. The van der Waals surface area contributed by atoms with Crippen LogP contribution in [0.3, 0.4) is 0 Å². The van der Waals surface area contributed by atoms with Gasteiger partial charge in [0.2, 0.25) is 5.91 Å². The van der Waals surface area contributed by atoms with E-state index < -0.39 is 0 Å². The van der Waals surface area contributed by atoms with Gasteiger partial charge in [0.05, 0.1) is 17.5 Å². The Morgan fingerprint density at radius 3 is 2.38 bits per heavy atom. The molecule has 0 unspecified atom stereocenters. The van der Waals surface area contributed by atoms with Gasteiger partial charge in [-0.1, -0.05) is 29.8 Å². The first kappa shape index (κ1) is 21.6. The summed E-state index contributed by atoms with van der Waals surface area (Å²) in [5, 5.41) is 4.78. The molecule has 0 aliphatic carbocycles. The van der Waals surface area contributed by atoms with Crippen molar-refractivity contribution in [2.45, 2.75) is 12.5 Å². The molecule has 2 aromatic heterocycles. The van der Waals surface area contributed by atoms with Gasteiger partial charge in [0.25, 0.3) is 5.91 Å². The van der Waals surface area contributed by atoms with Crippen molar-refractivity contribution in [2.24, 2.45) is 0 Å².